The van der Waals surface area contributed by atoms with Gasteiger partial charge >= 0.3 is 0 Å². The van der Waals surface area contributed by atoms with Crippen LogP contribution in [0, 0.1) is 6.92 Å². The molecule has 0 radical (unpaired) electrons. The number of benzene rings is 2. The Labute approximate surface area is 217 Å². The minimum atomic E-state index is -0.648. The van der Waals surface area contributed by atoms with Crippen molar-refractivity contribution >= 4 is 59.0 Å². The number of primary amides is 1. The van der Waals surface area contributed by atoms with Gasteiger partial charge in [-0.3, -0.25) is 14.4 Å². The molecule has 0 spiro atoms. The molecule has 0 aliphatic carbocycles. The van der Waals surface area contributed by atoms with Gasteiger partial charge in [0.25, 0.3) is 11.8 Å². The molecule has 0 unspecified atom stereocenters. The first-order valence-electron chi connectivity index (χ1n) is 10.2. The maximum absolute atomic E-state index is 12.7. The average molecular weight is 541 g/mol. The Bertz CT molecular complexity index is 1230. The van der Waals surface area contributed by atoms with E-state index in [2.05, 4.69) is 15.6 Å². The molecule has 1 heterocycles. The predicted molar refractivity (Wildman–Crippen MR) is 138 cm³/mol. The molecule has 35 heavy (non-hydrogen) atoms. The number of rotatable bonds is 9. The zero-order chi connectivity index (χ0) is 24.8. The number of halogens is 3. The smallest absolute Gasteiger partial charge is 0.273 e. The van der Waals surface area contributed by atoms with Crippen molar-refractivity contribution < 1.29 is 19.1 Å². The summed E-state index contributed by atoms with van der Waals surface area (Å²) in [6.45, 7) is 2.52. The van der Waals surface area contributed by atoms with Crippen LogP contribution in [-0.2, 0) is 6.61 Å². The number of aryl methyl sites for hydroxylation is 1. The zero-order valence-corrected chi connectivity index (χ0v) is 20.9. The highest BCUT2D eigenvalue weighted by atomic mass is 35.5. The van der Waals surface area contributed by atoms with Gasteiger partial charge in [-0.15, -0.1) is 12.4 Å². The van der Waals surface area contributed by atoms with E-state index in [0.717, 1.165) is 5.56 Å². The molecule has 0 atom stereocenters. The Hall–Kier alpha value is -3.24. The lowest BCUT2D eigenvalue weighted by molar-refractivity contribution is 0.0952. The van der Waals surface area contributed by atoms with E-state index in [1.807, 2.05) is 0 Å². The van der Waals surface area contributed by atoms with Crippen LogP contribution in [0.2, 0.25) is 10.0 Å². The molecule has 0 saturated carbocycles. The number of carbonyl (C=O) groups excluding carboxylic acids is 3. The average Bonchev–Trinajstić information content (AvgIpc) is 3.09. The van der Waals surface area contributed by atoms with E-state index in [-0.39, 0.29) is 52.0 Å². The van der Waals surface area contributed by atoms with E-state index in [1.165, 1.54) is 18.2 Å². The molecule has 7 N–H and O–H groups in total. The van der Waals surface area contributed by atoms with Crippen LogP contribution in [-0.4, -0.2) is 35.8 Å². The molecular weight excluding hydrogens is 517 g/mol. The van der Waals surface area contributed by atoms with E-state index in [0.29, 0.717) is 30.0 Å². The number of amides is 3. The summed E-state index contributed by atoms with van der Waals surface area (Å²) in [7, 11) is 0. The van der Waals surface area contributed by atoms with Crippen LogP contribution in [0.15, 0.2) is 42.5 Å². The van der Waals surface area contributed by atoms with Crippen LogP contribution in [0.4, 0.5) is 5.69 Å². The number of aromatic nitrogens is 1. The van der Waals surface area contributed by atoms with Gasteiger partial charge in [-0.25, -0.2) is 0 Å². The third kappa shape index (κ3) is 6.89. The number of anilines is 1. The fraction of sp³-hybridized carbons (Fsp3) is 0.174. The Kier molecular flexibility index (Phi) is 9.97. The van der Waals surface area contributed by atoms with Gasteiger partial charge in [0.2, 0.25) is 5.91 Å². The van der Waals surface area contributed by atoms with Crippen LogP contribution >= 0.6 is 35.6 Å². The Morgan fingerprint density at radius 3 is 2.23 bits per heavy atom. The molecule has 3 rings (SSSR count). The number of hydrogen-bond acceptors (Lipinski definition) is 5. The number of nitrogens with two attached hydrogens (primary N) is 2. The van der Waals surface area contributed by atoms with Gasteiger partial charge in [0.05, 0.1) is 15.7 Å². The Morgan fingerprint density at radius 2 is 1.66 bits per heavy atom. The van der Waals surface area contributed by atoms with Gasteiger partial charge in [-0.1, -0.05) is 35.3 Å². The molecule has 0 bridgehead atoms. The van der Waals surface area contributed by atoms with E-state index in [9.17, 15) is 14.4 Å². The molecule has 0 aliphatic rings. The van der Waals surface area contributed by atoms with Crippen LogP contribution in [0.1, 0.15) is 42.5 Å². The lowest BCUT2D eigenvalue weighted by atomic mass is 10.1. The van der Waals surface area contributed by atoms with E-state index < -0.39 is 11.8 Å². The van der Waals surface area contributed by atoms with Crippen LogP contribution in [0.25, 0.3) is 0 Å². The lowest BCUT2D eigenvalue weighted by Gasteiger charge is -2.14. The van der Waals surface area contributed by atoms with Crippen LogP contribution in [0.3, 0.4) is 0 Å². The largest absolute Gasteiger partial charge is 0.487 e. The molecule has 12 heteroatoms. The number of ether oxygens (including phenoxy) is 1. The second kappa shape index (κ2) is 12.5. The highest BCUT2D eigenvalue weighted by Crippen LogP contribution is 2.31. The highest BCUT2D eigenvalue weighted by Gasteiger charge is 2.20. The standard InChI is InChI=1S/C23H23Cl2N5O4.ClH/c1-12-18(24)19(25)20(29-12)23(33)30-16-7-6-15(21(27)31)10-17(16)34-11-13-2-4-14(5-3-13)22(32)28-9-8-26;/h2-7,10,29H,8-9,11,26H2,1H3,(H2,27,31)(H,28,32)(H,30,33);1H. The molecule has 3 aromatic rings. The first-order chi connectivity index (χ1) is 16.2. The van der Waals surface area contributed by atoms with Gasteiger partial charge in [0.1, 0.15) is 18.1 Å². The monoisotopic (exact) mass is 539 g/mol. The van der Waals surface area contributed by atoms with Crippen molar-refractivity contribution in [2.24, 2.45) is 11.5 Å². The second-order valence-corrected chi connectivity index (χ2v) is 8.07. The fourth-order valence-electron chi connectivity index (χ4n) is 3.01. The summed E-state index contributed by atoms with van der Waals surface area (Å²) in [6, 6.07) is 11.2. The molecule has 1 aromatic heterocycles. The fourth-order valence-corrected chi connectivity index (χ4v) is 3.43. The normalized spacial score (nSPS) is 10.3. The minimum Gasteiger partial charge on any atom is -0.487 e. The number of carbonyl (C=O) groups is 3. The maximum Gasteiger partial charge on any atom is 0.273 e. The summed E-state index contributed by atoms with van der Waals surface area (Å²) >= 11 is 12.2. The van der Waals surface area contributed by atoms with Crippen molar-refractivity contribution in [1.82, 2.24) is 10.3 Å². The van der Waals surface area contributed by atoms with Crippen molar-refractivity contribution in [2.45, 2.75) is 13.5 Å². The number of H-pyrrole nitrogens is 1. The zero-order valence-electron chi connectivity index (χ0n) is 18.6. The van der Waals surface area contributed by atoms with Crippen LogP contribution in [0.5, 0.6) is 5.75 Å². The topological polar surface area (TPSA) is 152 Å². The number of nitrogens with one attached hydrogen (secondary N) is 3. The Balaban J connectivity index is 0.00000432. The molecular formula is C23H24Cl3N5O4. The SMILES string of the molecule is Cc1[nH]c(C(=O)Nc2ccc(C(N)=O)cc2OCc2ccc(C(=O)NCCN)cc2)c(Cl)c1Cl.Cl. The van der Waals surface area contributed by atoms with Crippen molar-refractivity contribution in [3.8, 4) is 5.75 Å². The predicted octanol–water partition coefficient (Wildman–Crippen LogP) is 3.67. The molecule has 186 valence electrons. The van der Waals surface area contributed by atoms with Gasteiger partial charge in [-0.05, 0) is 42.8 Å². The van der Waals surface area contributed by atoms with Gasteiger partial charge in [0, 0.05) is 29.9 Å². The molecule has 2 aromatic carbocycles. The van der Waals surface area contributed by atoms with Crippen LogP contribution < -0.4 is 26.8 Å². The molecule has 0 fully saturated rings. The molecule has 3 amide bonds. The highest BCUT2D eigenvalue weighted by molar-refractivity contribution is 6.44. The van der Waals surface area contributed by atoms with Crippen molar-refractivity contribution in [1.29, 1.82) is 0 Å². The van der Waals surface area contributed by atoms with E-state index in [1.54, 1.807) is 31.2 Å². The van der Waals surface area contributed by atoms with Crippen molar-refractivity contribution in [3.05, 3.63) is 80.6 Å². The van der Waals surface area contributed by atoms with Crippen molar-refractivity contribution in [3.63, 3.8) is 0 Å². The van der Waals surface area contributed by atoms with E-state index >= 15 is 0 Å². The summed E-state index contributed by atoms with van der Waals surface area (Å²) < 4.78 is 5.87. The first-order valence-corrected chi connectivity index (χ1v) is 11.0. The molecule has 0 aliphatic heterocycles. The van der Waals surface area contributed by atoms with Gasteiger partial charge < -0.3 is 31.8 Å². The molecule has 9 nitrogen and oxygen atoms in total. The number of aromatic amines is 1. The van der Waals surface area contributed by atoms with Gasteiger partial charge in [-0.2, -0.15) is 0 Å². The summed E-state index contributed by atoms with van der Waals surface area (Å²) in [5, 5.41) is 5.75. The lowest BCUT2D eigenvalue weighted by Crippen LogP contribution is -2.28. The minimum absolute atomic E-state index is 0. The van der Waals surface area contributed by atoms with Crippen molar-refractivity contribution in [2.75, 3.05) is 18.4 Å². The summed E-state index contributed by atoms with van der Waals surface area (Å²) in [4.78, 5) is 39.2. The summed E-state index contributed by atoms with van der Waals surface area (Å²) in [6.07, 6.45) is 0. The maximum atomic E-state index is 12.7. The second-order valence-electron chi connectivity index (χ2n) is 7.31. The number of hydrogen-bond donors (Lipinski definition) is 5. The van der Waals surface area contributed by atoms with Gasteiger partial charge in [0.15, 0.2) is 0 Å². The Morgan fingerprint density at radius 1 is 1.00 bits per heavy atom. The molecule has 0 saturated heterocycles. The third-order valence-electron chi connectivity index (χ3n) is 4.84. The van der Waals surface area contributed by atoms with E-state index in [4.69, 9.17) is 39.4 Å². The summed E-state index contributed by atoms with van der Waals surface area (Å²) in [5.41, 5.74) is 13.2. The summed E-state index contributed by atoms with van der Waals surface area (Å²) in [5.74, 6) is -1.19. The first kappa shape index (κ1) is 28.0. The quantitative estimate of drug-likeness (QED) is 0.280. The third-order valence-corrected chi connectivity index (χ3v) is 5.78.